The van der Waals surface area contributed by atoms with Crippen LogP contribution in [0.3, 0.4) is 0 Å². The Morgan fingerprint density at radius 3 is 2.62 bits per heavy atom. The second kappa shape index (κ2) is 8.44. The van der Waals surface area contributed by atoms with Gasteiger partial charge in [-0.25, -0.2) is 9.80 Å². The van der Waals surface area contributed by atoms with E-state index in [2.05, 4.69) is 22.0 Å². The molecule has 0 spiro atoms. The van der Waals surface area contributed by atoms with Crippen molar-refractivity contribution in [2.75, 3.05) is 12.1 Å². The standard InChI is InChI=1S/C18H20ClN5O2/c1-11(2)12(3)24(23-22-20)16-8-13(7-14(9-16)18(25)26-4)17-6-5-15(19)10-21-17/h5-11H,3H2,1-2,4H3,(H2,20,23). The zero-order valence-electron chi connectivity index (χ0n) is 14.8. The molecule has 136 valence electrons. The van der Waals surface area contributed by atoms with E-state index in [1.165, 1.54) is 18.3 Å². The fourth-order valence-corrected chi connectivity index (χ4v) is 2.35. The van der Waals surface area contributed by atoms with Gasteiger partial charge in [-0.2, -0.15) is 0 Å². The van der Waals surface area contributed by atoms with Crippen molar-refractivity contribution in [2.24, 2.45) is 22.2 Å². The summed E-state index contributed by atoms with van der Waals surface area (Å²) in [6, 6.07) is 8.60. The molecule has 8 heteroatoms. The van der Waals surface area contributed by atoms with Crippen LogP contribution in [0, 0.1) is 5.92 Å². The summed E-state index contributed by atoms with van der Waals surface area (Å²) in [5.74, 6) is 4.85. The highest BCUT2D eigenvalue weighted by atomic mass is 35.5. The van der Waals surface area contributed by atoms with Crippen LogP contribution in [-0.2, 0) is 4.74 Å². The number of carbonyl (C=O) groups excluding carboxylic acids is 1. The number of pyridine rings is 1. The Morgan fingerprint density at radius 2 is 2.08 bits per heavy atom. The van der Waals surface area contributed by atoms with Crippen LogP contribution in [0.5, 0.6) is 0 Å². The molecule has 7 nitrogen and oxygen atoms in total. The number of benzene rings is 1. The number of methoxy groups -OCH3 is 1. The minimum atomic E-state index is -0.484. The van der Waals surface area contributed by atoms with Crippen LogP contribution in [0.1, 0.15) is 24.2 Å². The van der Waals surface area contributed by atoms with E-state index >= 15 is 0 Å². The van der Waals surface area contributed by atoms with Crippen molar-refractivity contribution in [3.63, 3.8) is 0 Å². The average Bonchev–Trinajstić information content (AvgIpc) is 2.65. The summed E-state index contributed by atoms with van der Waals surface area (Å²) >= 11 is 5.90. The zero-order chi connectivity index (χ0) is 19.3. The summed E-state index contributed by atoms with van der Waals surface area (Å²) in [5.41, 5.74) is 2.89. The molecule has 2 aromatic rings. The van der Waals surface area contributed by atoms with Crippen molar-refractivity contribution >= 4 is 23.3 Å². The van der Waals surface area contributed by atoms with Crippen LogP contribution < -0.4 is 10.9 Å². The lowest BCUT2D eigenvalue weighted by atomic mass is 10.0. The van der Waals surface area contributed by atoms with Gasteiger partial charge in [0.15, 0.2) is 0 Å². The molecule has 1 aromatic carbocycles. The van der Waals surface area contributed by atoms with Crippen molar-refractivity contribution in [2.45, 2.75) is 13.8 Å². The lowest BCUT2D eigenvalue weighted by molar-refractivity contribution is 0.0601. The van der Waals surface area contributed by atoms with Crippen molar-refractivity contribution in [1.82, 2.24) is 4.98 Å². The number of halogens is 1. The molecule has 2 N–H and O–H groups in total. The molecule has 26 heavy (non-hydrogen) atoms. The van der Waals surface area contributed by atoms with E-state index in [1.54, 1.807) is 24.3 Å². The van der Waals surface area contributed by atoms with E-state index in [9.17, 15) is 4.79 Å². The molecule has 0 aliphatic rings. The fraction of sp³-hybridized carbons (Fsp3) is 0.222. The molecule has 0 unspecified atom stereocenters. The third-order valence-electron chi connectivity index (χ3n) is 3.69. The molecule has 0 aliphatic heterocycles. The van der Waals surface area contributed by atoms with Crippen LogP contribution in [0.25, 0.3) is 11.3 Å². The summed E-state index contributed by atoms with van der Waals surface area (Å²) in [5, 5.41) is 9.30. The number of nitrogens with two attached hydrogens (primary N) is 1. The normalized spacial score (nSPS) is 11.0. The van der Waals surface area contributed by atoms with Gasteiger partial charge in [-0.05, 0) is 41.5 Å². The highest BCUT2D eigenvalue weighted by Gasteiger charge is 2.18. The van der Waals surface area contributed by atoms with Gasteiger partial charge >= 0.3 is 5.97 Å². The number of carbonyl (C=O) groups is 1. The predicted octanol–water partition coefficient (Wildman–Crippen LogP) is 4.41. The lowest BCUT2D eigenvalue weighted by Gasteiger charge is -2.23. The molecule has 0 saturated heterocycles. The number of nitrogens with zero attached hydrogens (tertiary/aromatic N) is 4. The van der Waals surface area contributed by atoms with Crippen molar-refractivity contribution < 1.29 is 9.53 Å². The first kappa shape index (κ1) is 19.4. The van der Waals surface area contributed by atoms with Crippen molar-refractivity contribution in [3.05, 3.63) is 59.4 Å². The Hall–Kier alpha value is -2.93. The molecule has 1 aromatic heterocycles. The quantitative estimate of drug-likeness (QED) is 0.350. The van der Waals surface area contributed by atoms with Gasteiger partial charge in [0.25, 0.3) is 0 Å². The third-order valence-corrected chi connectivity index (χ3v) is 3.91. The van der Waals surface area contributed by atoms with Gasteiger partial charge in [-0.15, -0.1) is 0 Å². The first-order valence-corrected chi connectivity index (χ1v) is 8.20. The van der Waals surface area contributed by atoms with Crippen molar-refractivity contribution in [1.29, 1.82) is 0 Å². The summed E-state index contributed by atoms with van der Waals surface area (Å²) in [6.07, 6.45) is 1.53. The molecule has 0 atom stereocenters. The lowest BCUT2D eigenvalue weighted by Crippen LogP contribution is -2.19. The summed E-state index contributed by atoms with van der Waals surface area (Å²) in [6.45, 7) is 7.96. The molecular formula is C18H20ClN5O2. The minimum Gasteiger partial charge on any atom is -0.465 e. The number of allylic oxidation sites excluding steroid dienone is 1. The maximum absolute atomic E-state index is 12.1. The summed E-state index contributed by atoms with van der Waals surface area (Å²) in [4.78, 5) is 16.4. The van der Waals surface area contributed by atoms with Crippen LogP contribution in [0.4, 0.5) is 5.69 Å². The van der Waals surface area contributed by atoms with Gasteiger partial charge < -0.3 is 10.6 Å². The SMILES string of the molecule is C=C(C(C)C)N(/N=N\N)c1cc(C(=O)OC)cc(-c2ccc(Cl)cn2)c1. The molecule has 0 bridgehead atoms. The van der Waals surface area contributed by atoms with Crippen LogP contribution in [0.2, 0.25) is 5.02 Å². The Balaban J connectivity index is 2.63. The van der Waals surface area contributed by atoms with Crippen LogP contribution >= 0.6 is 11.6 Å². The van der Waals surface area contributed by atoms with Crippen LogP contribution in [0.15, 0.2) is 59.3 Å². The van der Waals surface area contributed by atoms with E-state index in [0.717, 1.165) is 0 Å². The molecule has 0 radical (unpaired) electrons. The Kier molecular flexibility index (Phi) is 6.30. The summed E-state index contributed by atoms with van der Waals surface area (Å²) in [7, 11) is 1.32. The van der Waals surface area contributed by atoms with Gasteiger partial charge in [0.05, 0.1) is 29.1 Å². The molecule has 2 rings (SSSR count). The molecule has 0 amide bonds. The molecule has 0 fully saturated rings. The number of aromatic nitrogens is 1. The predicted molar refractivity (Wildman–Crippen MR) is 102 cm³/mol. The second-order valence-corrected chi connectivity index (χ2v) is 6.22. The minimum absolute atomic E-state index is 0.0828. The summed E-state index contributed by atoms with van der Waals surface area (Å²) < 4.78 is 4.85. The van der Waals surface area contributed by atoms with E-state index in [4.69, 9.17) is 22.2 Å². The first-order chi connectivity index (χ1) is 12.4. The first-order valence-electron chi connectivity index (χ1n) is 7.82. The molecule has 1 heterocycles. The molecular weight excluding hydrogens is 354 g/mol. The average molecular weight is 374 g/mol. The maximum Gasteiger partial charge on any atom is 0.337 e. The van der Waals surface area contributed by atoms with Gasteiger partial charge in [0.2, 0.25) is 0 Å². The van der Waals surface area contributed by atoms with Crippen LogP contribution in [-0.4, -0.2) is 18.1 Å². The maximum atomic E-state index is 12.1. The Labute approximate surface area is 157 Å². The number of hydrogen-bond donors (Lipinski definition) is 1. The third kappa shape index (κ3) is 4.37. The molecule has 0 saturated carbocycles. The molecule has 0 aliphatic carbocycles. The number of hydrogen-bond acceptors (Lipinski definition) is 5. The van der Waals surface area contributed by atoms with Gasteiger partial charge in [-0.3, -0.25) is 4.98 Å². The number of anilines is 1. The van der Waals surface area contributed by atoms with Crippen molar-refractivity contribution in [3.8, 4) is 11.3 Å². The number of esters is 1. The van der Waals surface area contributed by atoms with E-state index in [-0.39, 0.29) is 5.92 Å². The topological polar surface area (TPSA) is 93.2 Å². The fourth-order valence-electron chi connectivity index (χ4n) is 2.23. The van der Waals surface area contributed by atoms with Gasteiger partial charge in [-0.1, -0.05) is 37.3 Å². The number of rotatable bonds is 6. The highest BCUT2D eigenvalue weighted by Crippen LogP contribution is 2.30. The highest BCUT2D eigenvalue weighted by molar-refractivity contribution is 6.30. The second-order valence-electron chi connectivity index (χ2n) is 5.78. The Bertz CT molecular complexity index is 834. The van der Waals surface area contributed by atoms with Gasteiger partial charge in [0.1, 0.15) is 0 Å². The zero-order valence-corrected chi connectivity index (χ0v) is 15.6. The van der Waals surface area contributed by atoms with Gasteiger partial charge in [0, 0.05) is 17.5 Å². The van der Waals surface area contributed by atoms with E-state index in [0.29, 0.717) is 33.2 Å². The van der Waals surface area contributed by atoms with E-state index in [1.807, 2.05) is 19.9 Å². The Morgan fingerprint density at radius 1 is 1.35 bits per heavy atom. The van der Waals surface area contributed by atoms with E-state index < -0.39 is 5.97 Å². The smallest absolute Gasteiger partial charge is 0.337 e. The monoisotopic (exact) mass is 373 g/mol. The largest absolute Gasteiger partial charge is 0.465 e. The number of ether oxygens (including phenoxy) is 1.